The summed E-state index contributed by atoms with van der Waals surface area (Å²) in [5.74, 6) is -2.03. The van der Waals surface area contributed by atoms with Gasteiger partial charge in [-0.1, -0.05) is 6.07 Å². The summed E-state index contributed by atoms with van der Waals surface area (Å²) in [6, 6.07) is 2.90. The van der Waals surface area contributed by atoms with Gasteiger partial charge in [-0.05, 0) is 30.9 Å². The number of amides is 1. The number of benzene rings is 1. The number of halogens is 2. The minimum atomic E-state index is -0.671. The molecule has 1 heterocycles. The molecule has 1 aromatic rings. The molecule has 2 atom stereocenters. The lowest BCUT2D eigenvalue weighted by Crippen LogP contribution is -2.48. The van der Waals surface area contributed by atoms with Crippen LogP contribution in [0.3, 0.4) is 0 Å². The van der Waals surface area contributed by atoms with Gasteiger partial charge in [-0.3, -0.25) is 4.79 Å². The summed E-state index contributed by atoms with van der Waals surface area (Å²) in [6.07, 6.45) is 0.457. The monoisotopic (exact) mass is 327 g/mol. The molecule has 0 spiro atoms. The van der Waals surface area contributed by atoms with E-state index in [4.69, 9.17) is 9.47 Å². The molecule has 1 amide bonds. The molecule has 1 aromatic carbocycles. The number of ether oxygens (including phenoxy) is 2. The second-order valence-electron chi connectivity index (χ2n) is 5.50. The Bertz CT molecular complexity index is 593. The minimum absolute atomic E-state index is 0.175. The van der Waals surface area contributed by atoms with Crippen LogP contribution < -0.4 is 0 Å². The average Bonchev–Trinajstić information content (AvgIpc) is 2.55. The summed E-state index contributed by atoms with van der Waals surface area (Å²) in [6.45, 7) is 0.319. The highest BCUT2D eigenvalue weighted by atomic mass is 19.1. The van der Waals surface area contributed by atoms with E-state index in [2.05, 4.69) is 0 Å². The van der Waals surface area contributed by atoms with E-state index in [0.29, 0.717) is 19.4 Å². The van der Waals surface area contributed by atoms with E-state index in [-0.39, 0.29) is 23.9 Å². The number of methoxy groups -OCH3 is 2. The van der Waals surface area contributed by atoms with E-state index in [1.807, 2.05) is 0 Å². The third-order valence-electron chi connectivity index (χ3n) is 4.13. The SMILES string of the molecule is COC(=O)C1CCN(C(=O)OC)C(Cc2ccc(F)cc2F)C1. The molecule has 126 valence electrons. The van der Waals surface area contributed by atoms with Crippen molar-refractivity contribution in [3.8, 4) is 0 Å². The number of rotatable bonds is 3. The number of piperidine rings is 1. The van der Waals surface area contributed by atoms with Gasteiger partial charge in [0.05, 0.1) is 20.1 Å². The van der Waals surface area contributed by atoms with Gasteiger partial charge in [0.25, 0.3) is 0 Å². The van der Waals surface area contributed by atoms with E-state index in [0.717, 1.165) is 6.07 Å². The molecule has 1 saturated heterocycles. The molecule has 0 saturated carbocycles. The molecule has 23 heavy (non-hydrogen) atoms. The first-order chi connectivity index (χ1) is 11.0. The summed E-state index contributed by atoms with van der Waals surface area (Å²) in [5.41, 5.74) is 0.288. The Kier molecular flexibility index (Phi) is 5.52. The van der Waals surface area contributed by atoms with Gasteiger partial charge in [0, 0.05) is 18.7 Å². The zero-order valence-electron chi connectivity index (χ0n) is 13.1. The van der Waals surface area contributed by atoms with Gasteiger partial charge < -0.3 is 14.4 Å². The quantitative estimate of drug-likeness (QED) is 0.801. The van der Waals surface area contributed by atoms with Crippen molar-refractivity contribution >= 4 is 12.1 Å². The van der Waals surface area contributed by atoms with Crippen LogP contribution in [0.2, 0.25) is 0 Å². The van der Waals surface area contributed by atoms with Crippen molar-refractivity contribution in [3.05, 3.63) is 35.4 Å². The van der Waals surface area contributed by atoms with Crippen LogP contribution in [0.1, 0.15) is 18.4 Å². The largest absolute Gasteiger partial charge is 0.469 e. The van der Waals surface area contributed by atoms with E-state index >= 15 is 0 Å². The van der Waals surface area contributed by atoms with Crippen LogP contribution in [0.15, 0.2) is 18.2 Å². The zero-order chi connectivity index (χ0) is 17.0. The normalized spacial score (nSPS) is 21.0. The third-order valence-corrected chi connectivity index (χ3v) is 4.13. The maximum atomic E-state index is 13.9. The Morgan fingerprint density at radius 1 is 1.26 bits per heavy atom. The van der Waals surface area contributed by atoms with Gasteiger partial charge >= 0.3 is 12.1 Å². The standard InChI is InChI=1S/C16H19F2NO4/c1-22-15(20)11-5-6-19(16(21)23-2)13(8-11)7-10-3-4-12(17)9-14(10)18/h3-4,9,11,13H,5-8H2,1-2H3. The molecule has 0 bridgehead atoms. The van der Waals surface area contributed by atoms with E-state index in [1.54, 1.807) is 0 Å². The number of esters is 1. The molecular weight excluding hydrogens is 308 g/mol. The first-order valence-corrected chi connectivity index (χ1v) is 7.32. The predicted octanol–water partition coefficient (Wildman–Crippen LogP) is 2.53. The summed E-state index contributed by atoms with van der Waals surface area (Å²) in [7, 11) is 2.58. The van der Waals surface area contributed by atoms with Crippen LogP contribution in [-0.4, -0.2) is 43.8 Å². The number of carbonyl (C=O) groups is 2. The summed E-state index contributed by atoms with van der Waals surface area (Å²) in [4.78, 5) is 25.1. The second kappa shape index (κ2) is 7.39. The number of carbonyl (C=O) groups excluding carboxylic acids is 2. The van der Waals surface area contributed by atoms with Gasteiger partial charge in [0.15, 0.2) is 0 Å². The van der Waals surface area contributed by atoms with Crippen LogP contribution in [0.5, 0.6) is 0 Å². The number of likely N-dealkylation sites (tertiary alicyclic amines) is 1. The molecule has 2 unspecified atom stereocenters. The van der Waals surface area contributed by atoms with Gasteiger partial charge in [-0.2, -0.15) is 0 Å². The number of hydrogen-bond acceptors (Lipinski definition) is 4. The van der Waals surface area contributed by atoms with Crippen molar-refractivity contribution in [3.63, 3.8) is 0 Å². The molecule has 5 nitrogen and oxygen atoms in total. The highest BCUT2D eigenvalue weighted by Gasteiger charge is 2.36. The first-order valence-electron chi connectivity index (χ1n) is 7.32. The van der Waals surface area contributed by atoms with Gasteiger partial charge in [-0.15, -0.1) is 0 Å². The van der Waals surface area contributed by atoms with Crippen molar-refractivity contribution < 1.29 is 27.8 Å². The van der Waals surface area contributed by atoms with Crippen LogP contribution in [0, 0.1) is 17.6 Å². The molecule has 1 aliphatic heterocycles. The summed E-state index contributed by atoms with van der Waals surface area (Å²) >= 11 is 0. The lowest BCUT2D eigenvalue weighted by atomic mass is 9.87. The smallest absolute Gasteiger partial charge is 0.409 e. The highest BCUT2D eigenvalue weighted by Crippen LogP contribution is 2.27. The Morgan fingerprint density at radius 2 is 2.00 bits per heavy atom. The molecule has 2 rings (SSSR count). The molecule has 1 aliphatic rings. The van der Waals surface area contributed by atoms with Crippen LogP contribution in [0.4, 0.5) is 13.6 Å². The van der Waals surface area contributed by atoms with Gasteiger partial charge in [0.2, 0.25) is 0 Å². The van der Waals surface area contributed by atoms with Crippen molar-refractivity contribution in [2.45, 2.75) is 25.3 Å². The van der Waals surface area contributed by atoms with E-state index < -0.39 is 23.8 Å². The Labute approximate surface area is 133 Å². The Balaban J connectivity index is 2.20. The molecule has 0 aromatic heterocycles. The Morgan fingerprint density at radius 3 is 2.61 bits per heavy atom. The van der Waals surface area contributed by atoms with Gasteiger partial charge in [-0.25, -0.2) is 13.6 Å². The number of nitrogens with zero attached hydrogens (tertiary/aromatic N) is 1. The minimum Gasteiger partial charge on any atom is -0.469 e. The van der Waals surface area contributed by atoms with Crippen molar-refractivity contribution in [1.29, 1.82) is 0 Å². The topological polar surface area (TPSA) is 55.8 Å². The van der Waals surface area contributed by atoms with Crippen molar-refractivity contribution in [2.24, 2.45) is 5.92 Å². The van der Waals surface area contributed by atoms with Crippen LogP contribution >= 0.6 is 0 Å². The molecule has 0 N–H and O–H groups in total. The fourth-order valence-electron chi connectivity index (χ4n) is 2.92. The maximum Gasteiger partial charge on any atom is 0.409 e. The Hall–Kier alpha value is -2.18. The fraction of sp³-hybridized carbons (Fsp3) is 0.500. The molecular formula is C16H19F2NO4. The summed E-state index contributed by atoms with van der Waals surface area (Å²) in [5, 5.41) is 0. The highest BCUT2D eigenvalue weighted by molar-refractivity contribution is 5.73. The molecule has 0 radical (unpaired) electrons. The molecule has 1 fully saturated rings. The van der Waals surface area contributed by atoms with Crippen LogP contribution in [-0.2, 0) is 20.7 Å². The van der Waals surface area contributed by atoms with Crippen molar-refractivity contribution in [1.82, 2.24) is 4.90 Å². The third kappa shape index (κ3) is 3.97. The first kappa shape index (κ1) is 17.2. The summed E-state index contributed by atoms with van der Waals surface area (Å²) < 4.78 is 36.4. The van der Waals surface area contributed by atoms with Gasteiger partial charge in [0.1, 0.15) is 11.6 Å². The van der Waals surface area contributed by atoms with Crippen LogP contribution in [0.25, 0.3) is 0 Å². The predicted molar refractivity (Wildman–Crippen MR) is 77.7 cm³/mol. The molecule has 7 heteroatoms. The van der Waals surface area contributed by atoms with E-state index in [1.165, 1.54) is 31.3 Å². The number of hydrogen-bond donors (Lipinski definition) is 0. The lowest BCUT2D eigenvalue weighted by molar-refractivity contribution is -0.147. The average molecular weight is 327 g/mol. The van der Waals surface area contributed by atoms with Crippen molar-refractivity contribution in [2.75, 3.05) is 20.8 Å². The fourth-order valence-corrected chi connectivity index (χ4v) is 2.92. The maximum absolute atomic E-state index is 13.9. The lowest BCUT2D eigenvalue weighted by Gasteiger charge is -2.37. The van der Waals surface area contributed by atoms with E-state index in [9.17, 15) is 18.4 Å². The zero-order valence-corrected chi connectivity index (χ0v) is 13.1. The second-order valence-corrected chi connectivity index (χ2v) is 5.50. The molecule has 0 aliphatic carbocycles.